The van der Waals surface area contributed by atoms with Gasteiger partial charge < -0.3 is 14.8 Å². The Balaban J connectivity index is 1.89. The van der Waals surface area contributed by atoms with Gasteiger partial charge in [-0.3, -0.25) is 4.79 Å². The fourth-order valence-corrected chi connectivity index (χ4v) is 2.62. The third-order valence-corrected chi connectivity index (χ3v) is 3.83. The van der Waals surface area contributed by atoms with Crippen LogP contribution in [0.1, 0.15) is 51.4 Å². The maximum absolute atomic E-state index is 12.0. The fourth-order valence-electron chi connectivity index (χ4n) is 1.85. The summed E-state index contributed by atoms with van der Waals surface area (Å²) in [4.78, 5) is 26.7. The van der Waals surface area contributed by atoms with E-state index in [0.29, 0.717) is 23.7 Å². The number of aromatic carboxylic acids is 1. The molecule has 0 fully saturated rings. The van der Waals surface area contributed by atoms with Crippen molar-refractivity contribution in [1.29, 1.82) is 0 Å². The largest absolute Gasteiger partial charge is 0.476 e. The van der Waals surface area contributed by atoms with Gasteiger partial charge in [-0.15, -0.1) is 11.3 Å². The molecule has 2 aromatic rings. The Labute approximate surface area is 125 Å². The Morgan fingerprint density at radius 2 is 2.24 bits per heavy atom. The smallest absolute Gasteiger partial charge is 0.355 e. The van der Waals surface area contributed by atoms with Crippen LogP contribution in [-0.2, 0) is 6.42 Å². The Morgan fingerprint density at radius 3 is 2.86 bits per heavy atom. The Morgan fingerprint density at radius 1 is 1.48 bits per heavy atom. The van der Waals surface area contributed by atoms with Crippen molar-refractivity contribution in [2.45, 2.75) is 26.2 Å². The number of carbonyl (C=O) groups excluding carboxylic acids is 1. The number of hydrogen-bond donors (Lipinski definition) is 2. The van der Waals surface area contributed by atoms with Crippen molar-refractivity contribution in [2.24, 2.45) is 0 Å². The van der Waals surface area contributed by atoms with Crippen molar-refractivity contribution in [3.05, 3.63) is 39.7 Å². The van der Waals surface area contributed by atoms with Crippen molar-refractivity contribution >= 4 is 23.2 Å². The molecule has 0 radical (unpaired) electrons. The lowest BCUT2D eigenvalue weighted by molar-refractivity contribution is 0.0690. The molecule has 0 saturated heterocycles. The summed E-state index contributed by atoms with van der Waals surface area (Å²) in [5.74, 6) is -0.769. The zero-order valence-corrected chi connectivity index (χ0v) is 12.6. The molecule has 0 bridgehead atoms. The van der Waals surface area contributed by atoms with Crippen molar-refractivity contribution in [3.8, 4) is 0 Å². The van der Waals surface area contributed by atoms with Crippen LogP contribution in [0.2, 0.25) is 0 Å². The van der Waals surface area contributed by atoms with Gasteiger partial charge in [-0.05, 0) is 12.0 Å². The van der Waals surface area contributed by atoms with Crippen LogP contribution in [0.15, 0.2) is 22.1 Å². The first-order valence-corrected chi connectivity index (χ1v) is 7.40. The minimum absolute atomic E-state index is 0.0365. The van der Waals surface area contributed by atoms with Crippen LogP contribution >= 0.6 is 11.3 Å². The second-order valence-corrected chi connectivity index (χ2v) is 5.74. The third kappa shape index (κ3) is 3.69. The van der Waals surface area contributed by atoms with Gasteiger partial charge in [0.1, 0.15) is 0 Å². The summed E-state index contributed by atoms with van der Waals surface area (Å²) in [6.07, 6.45) is 1.99. The van der Waals surface area contributed by atoms with Crippen molar-refractivity contribution < 1.29 is 19.1 Å². The first kappa shape index (κ1) is 15.2. The first-order chi connectivity index (χ1) is 9.99. The molecule has 7 heteroatoms. The topological polar surface area (TPSA) is 92.4 Å². The highest BCUT2D eigenvalue weighted by atomic mass is 32.1. The molecule has 0 saturated carbocycles. The zero-order chi connectivity index (χ0) is 15.4. The first-order valence-electron chi connectivity index (χ1n) is 6.52. The summed E-state index contributed by atoms with van der Waals surface area (Å²) in [7, 11) is 0. The van der Waals surface area contributed by atoms with Gasteiger partial charge in [-0.1, -0.05) is 13.8 Å². The average Bonchev–Trinajstić information content (AvgIpc) is 3.07. The predicted octanol–water partition coefficient (Wildman–Crippen LogP) is 2.53. The van der Waals surface area contributed by atoms with Crippen LogP contribution in [0.5, 0.6) is 0 Å². The molecular weight excluding hydrogens is 292 g/mol. The summed E-state index contributed by atoms with van der Waals surface area (Å²) >= 11 is 1.27. The SMILES string of the molecule is CC(C)c1ccoc1C(=O)NCCc1nc(C(=O)O)cs1. The molecule has 0 spiro atoms. The summed E-state index contributed by atoms with van der Waals surface area (Å²) in [6, 6.07) is 1.79. The number of thiazole rings is 1. The van der Waals surface area contributed by atoms with Crippen molar-refractivity contribution in [1.82, 2.24) is 10.3 Å². The number of carboxylic acid groups (broad SMARTS) is 1. The highest BCUT2D eigenvalue weighted by Crippen LogP contribution is 2.20. The Bertz CT molecular complexity index is 645. The van der Waals surface area contributed by atoms with Crippen LogP contribution in [0.3, 0.4) is 0 Å². The van der Waals surface area contributed by atoms with Crippen molar-refractivity contribution in [3.63, 3.8) is 0 Å². The molecule has 112 valence electrons. The quantitative estimate of drug-likeness (QED) is 0.855. The van der Waals surface area contributed by atoms with Gasteiger partial charge in [0.2, 0.25) is 0 Å². The number of nitrogens with zero attached hydrogens (tertiary/aromatic N) is 1. The lowest BCUT2D eigenvalue weighted by Crippen LogP contribution is -2.26. The van der Waals surface area contributed by atoms with E-state index in [-0.39, 0.29) is 17.5 Å². The van der Waals surface area contributed by atoms with Gasteiger partial charge in [0, 0.05) is 23.9 Å². The number of amides is 1. The molecule has 2 heterocycles. The van der Waals surface area contributed by atoms with E-state index in [1.165, 1.54) is 23.0 Å². The number of rotatable bonds is 6. The average molecular weight is 308 g/mol. The molecule has 2 rings (SSSR count). The second-order valence-electron chi connectivity index (χ2n) is 4.80. The minimum Gasteiger partial charge on any atom is -0.476 e. The molecular formula is C14H16N2O4S. The lowest BCUT2D eigenvalue weighted by atomic mass is 10.0. The normalized spacial score (nSPS) is 10.8. The molecule has 0 aliphatic carbocycles. The molecule has 0 aliphatic heterocycles. The highest BCUT2D eigenvalue weighted by molar-refractivity contribution is 7.09. The number of furan rings is 1. The second kappa shape index (κ2) is 6.53. The standard InChI is InChI=1S/C14H16N2O4S/c1-8(2)9-4-6-20-12(9)13(17)15-5-3-11-16-10(7-21-11)14(18)19/h4,6-8H,3,5H2,1-2H3,(H,15,17)(H,18,19). The van der Waals surface area contributed by atoms with Gasteiger partial charge in [0.25, 0.3) is 5.91 Å². The predicted molar refractivity (Wildman–Crippen MR) is 77.9 cm³/mol. The monoisotopic (exact) mass is 308 g/mol. The van der Waals surface area contributed by atoms with E-state index in [9.17, 15) is 9.59 Å². The molecule has 6 nitrogen and oxygen atoms in total. The molecule has 0 atom stereocenters. The lowest BCUT2D eigenvalue weighted by Gasteiger charge is -2.06. The van der Waals surface area contributed by atoms with E-state index in [1.807, 2.05) is 13.8 Å². The van der Waals surface area contributed by atoms with Crippen LogP contribution in [-0.4, -0.2) is 28.5 Å². The number of hydrogen-bond acceptors (Lipinski definition) is 5. The summed E-state index contributed by atoms with van der Waals surface area (Å²) in [6.45, 7) is 4.36. The van der Waals surface area contributed by atoms with Crippen LogP contribution in [0, 0.1) is 0 Å². The van der Waals surface area contributed by atoms with E-state index in [2.05, 4.69) is 10.3 Å². The van der Waals surface area contributed by atoms with Crippen LogP contribution in [0.4, 0.5) is 0 Å². The van der Waals surface area contributed by atoms with E-state index in [4.69, 9.17) is 9.52 Å². The summed E-state index contributed by atoms with van der Waals surface area (Å²) < 4.78 is 5.22. The molecule has 2 N–H and O–H groups in total. The van der Waals surface area contributed by atoms with E-state index < -0.39 is 5.97 Å². The fraction of sp³-hybridized carbons (Fsp3) is 0.357. The summed E-state index contributed by atoms with van der Waals surface area (Å²) in [5.41, 5.74) is 0.907. The Hall–Kier alpha value is -2.15. The van der Waals surface area contributed by atoms with E-state index in [0.717, 1.165) is 5.56 Å². The number of nitrogens with one attached hydrogen (secondary N) is 1. The third-order valence-electron chi connectivity index (χ3n) is 2.92. The number of carboxylic acids is 1. The zero-order valence-electron chi connectivity index (χ0n) is 11.8. The maximum Gasteiger partial charge on any atom is 0.355 e. The molecule has 1 amide bonds. The number of carbonyl (C=O) groups is 2. The Kier molecular flexibility index (Phi) is 4.74. The van der Waals surface area contributed by atoms with Crippen LogP contribution < -0.4 is 5.32 Å². The highest BCUT2D eigenvalue weighted by Gasteiger charge is 2.17. The van der Waals surface area contributed by atoms with Gasteiger partial charge in [0.15, 0.2) is 11.5 Å². The number of aromatic nitrogens is 1. The molecule has 21 heavy (non-hydrogen) atoms. The van der Waals surface area contributed by atoms with E-state index >= 15 is 0 Å². The van der Waals surface area contributed by atoms with Gasteiger partial charge in [-0.2, -0.15) is 0 Å². The maximum atomic E-state index is 12.0. The van der Waals surface area contributed by atoms with E-state index in [1.54, 1.807) is 6.07 Å². The summed E-state index contributed by atoms with van der Waals surface area (Å²) in [5, 5.41) is 13.7. The van der Waals surface area contributed by atoms with Gasteiger partial charge >= 0.3 is 5.97 Å². The molecule has 0 aromatic carbocycles. The minimum atomic E-state index is -1.04. The molecule has 2 aromatic heterocycles. The van der Waals surface area contributed by atoms with Crippen LogP contribution in [0.25, 0.3) is 0 Å². The molecule has 0 unspecified atom stereocenters. The van der Waals surface area contributed by atoms with Crippen molar-refractivity contribution in [2.75, 3.05) is 6.54 Å². The van der Waals surface area contributed by atoms with Gasteiger partial charge in [0.05, 0.1) is 11.3 Å². The molecule has 0 aliphatic rings. The van der Waals surface area contributed by atoms with Gasteiger partial charge in [-0.25, -0.2) is 9.78 Å².